The largest absolute Gasteiger partial charge is 0.497 e. The zero-order valence-electron chi connectivity index (χ0n) is 16.6. The van der Waals surface area contributed by atoms with Crippen LogP contribution in [0.1, 0.15) is 42.5 Å². The van der Waals surface area contributed by atoms with Crippen molar-refractivity contribution in [3.05, 3.63) is 65.2 Å². The normalized spacial score (nSPS) is 16.7. The second kappa shape index (κ2) is 9.05. The molecular weight excluding hydrogens is 336 g/mol. The summed E-state index contributed by atoms with van der Waals surface area (Å²) in [6, 6.07) is 16.6. The van der Waals surface area contributed by atoms with Crippen molar-refractivity contribution in [2.24, 2.45) is 5.92 Å². The van der Waals surface area contributed by atoms with E-state index in [1.807, 2.05) is 31.2 Å². The highest BCUT2D eigenvalue weighted by atomic mass is 16.5. The molecule has 1 amide bonds. The van der Waals surface area contributed by atoms with Crippen LogP contribution in [0.25, 0.3) is 0 Å². The van der Waals surface area contributed by atoms with Gasteiger partial charge in [0.05, 0.1) is 13.2 Å². The Bertz CT molecular complexity index is 732. The average molecular weight is 367 g/mol. The summed E-state index contributed by atoms with van der Waals surface area (Å²) in [7, 11) is 1.66. The number of rotatable bonds is 6. The van der Waals surface area contributed by atoms with E-state index in [9.17, 15) is 4.79 Å². The van der Waals surface area contributed by atoms with Gasteiger partial charge in [0.1, 0.15) is 5.75 Å². The van der Waals surface area contributed by atoms with E-state index in [-0.39, 0.29) is 17.9 Å². The first-order chi connectivity index (χ1) is 13.0. The van der Waals surface area contributed by atoms with Crippen LogP contribution in [0.3, 0.4) is 0 Å². The third-order valence-corrected chi connectivity index (χ3v) is 5.46. The van der Waals surface area contributed by atoms with Gasteiger partial charge in [0, 0.05) is 12.5 Å². The summed E-state index contributed by atoms with van der Waals surface area (Å²) >= 11 is 0. The van der Waals surface area contributed by atoms with Crippen LogP contribution in [-0.2, 0) is 11.3 Å². The molecule has 0 aliphatic carbocycles. The van der Waals surface area contributed by atoms with E-state index < -0.39 is 0 Å². The quantitative estimate of drug-likeness (QED) is 0.837. The molecule has 27 heavy (non-hydrogen) atoms. The molecule has 2 aromatic carbocycles. The van der Waals surface area contributed by atoms with Gasteiger partial charge in [0.25, 0.3) is 0 Å². The van der Waals surface area contributed by atoms with Crippen LogP contribution in [-0.4, -0.2) is 31.0 Å². The van der Waals surface area contributed by atoms with Crippen molar-refractivity contribution in [3.8, 4) is 5.75 Å². The smallest absolute Gasteiger partial charge is 0.223 e. The summed E-state index contributed by atoms with van der Waals surface area (Å²) in [4.78, 5) is 15.1. The third kappa shape index (κ3) is 5.33. The van der Waals surface area contributed by atoms with Crippen LogP contribution in [0.4, 0.5) is 0 Å². The number of hydrogen-bond donors (Lipinski definition) is 1. The monoisotopic (exact) mass is 366 g/mol. The molecule has 4 heteroatoms. The first kappa shape index (κ1) is 19.4. The molecular formula is C23H30N2O2. The number of carbonyl (C=O) groups excluding carboxylic acids is 1. The zero-order valence-corrected chi connectivity index (χ0v) is 16.6. The molecule has 144 valence electrons. The van der Waals surface area contributed by atoms with E-state index in [0.717, 1.165) is 43.8 Å². The summed E-state index contributed by atoms with van der Waals surface area (Å²) in [5.41, 5.74) is 3.73. The van der Waals surface area contributed by atoms with Crippen molar-refractivity contribution >= 4 is 5.91 Å². The topological polar surface area (TPSA) is 41.6 Å². The molecule has 3 rings (SSSR count). The lowest BCUT2D eigenvalue weighted by molar-refractivity contribution is -0.127. The summed E-state index contributed by atoms with van der Waals surface area (Å²) < 4.78 is 5.19. The molecule has 4 nitrogen and oxygen atoms in total. The van der Waals surface area contributed by atoms with Gasteiger partial charge in [-0.15, -0.1) is 0 Å². The van der Waals surface area contributed by atoms with E-state index in [0.29, 0.717) is 0 Å². The van der Waals surface area contributed by atoms with Crippen molar-refractivity contribution in [1.82, 2.24) is 10.2 Å². The number of aryl methyl sites for hydroxylation is 1. The second-order valence-corrected chi connectivity index (χ2v) is 7.54. The number of benzene rings is 2. The lowest BCUT2D eigenvalue weighted by Crippen LogP contribution is -2.40. The van der Waals surface area contributed by atoms with E-state index >= 15 is 0 Å². The lowest BCUT2D eigenvalue weighted by atomic mass is 9.94. The number of piperidine rings is 1. The summed E-state index contributed by atoms with van der Waals surface area (Å²) in [6.45, 7) is 7.07. The standard InChI is InChI=1S/C23H30N2O2/c1-17-4-6-19(7-5-17)16-25-14-12-21(13-15-25)23(26)24-18(2)20-8-10-22(27-3)11-9-20/h4-11,18,21H,12-16H2,1-3H3,(H,24,26). The molecule has 0 radical (unpaired) electrons. The third-order valence-electron chi connectivity index (χ3n) is 5.46. The van der Waals surface area contributed by atoms with Gasteiger partial charge >= 0.3 is 0 Å². The molecule has 1 aliphatic rings. The number of nitrogens with one attached hydrogen (secondary N) is 1. The molecule has 1 N–H and O–H groups in total. The molecule has 1 heterocycles. The molecule has 1 unspecified atom stereocenters. The van der Waals surface area contributed by atoms with Crippen molar-refractivity contribution in [2.75, 3.05) is 20.2 Å². The molecule has 1 saturated heterocycles. The predicted octanol–water partition coefficient (Wildman–Crippen LogP) is 4.09. The SMILES string of the molecule is COc1ccc(C(C)NC(=O)C2CCN(Cc3ccc(C)cc3)CC2)cc1. The fraction of sp³-hybridized carbons (Fsp3) is 0.435. The highest BCUT2D eigenvalue weighted by Crippen LogP contribution is 2.22. The van der Waals surface area contributed by atoms with E-state index in [2.05, 4.69) is 41.4 Å². The fourth-order valence-corrected chi connectivity index (χ4v) is 3.61. The van der Waals surface area contributed by atoms with E-state index in [4.69, 9.17) is 4.74 Å². The number of likely N-dealkylation sites (tertiary alicyclic amines) is 1. The van der Waals surface area contributed by atoms with Gasteiger partial charge in [-0.05, 0) is 63.0 Å². The van der Waals surface area contributed by atoms with Crippen LogP contribution in [0.5, 0.6) is 5.75 Å². The number of carbonyl (C=O) groups is 1. The number of amides is 1. The van der Waals surface area contributed by atoms with Crippen molar-refractivity contribution in [1.29, 1.82) is 0 Å². The van der Waals surface area contributed by atoms with Crippen LogP contribution in [0.15, 0.2) is 48.5 Å². The Morgan fingerprint density at radius 2 is 1.74 bits per heavy atom. The summed E-state index contributed by atoms with van der Waals surface area (Å²) in [5.74, 6) is 1.12. The summed E-state index contributed by atoms with van der Waals surface area (Å²) in [6.07, 6.45) is 1.85. The number of hydrogen-bond acceptors (Lipinski definition) is 3. The maximum absolute atomic E-state index is 12.7. The van der Waals surface area contributed by atoms with Crippen molar-refractivity contribution in [2.45, 2.75) is 39.3 Å². The van der Waals surface area contributed by atoms with Crippen LogP contribution >= 0.6 is 0 Å². The van der Waals surface area contributed by atoms with Crippen LogP contribution < -0.4 is 10.1 Å². The minimum Gasteiger partial charge on any atom is -0.497 e. The van der Waals surface area contributed by atoms with Crippen molar-refractivity contribution < 1.29 is 9.53 Å². The first-order valence-corrected chi connectivity index (χ1v) is 9.77. The minimum absolute atomic E-state index is 0.00833. The Morgan fingerprint density at radius 3 is 2.33 bits per heavy atom. The molecule has 0 aromatic heterocycles. The Morgan fingerprint density at radius 1 is 1.11 bits per heavy atom. The highest BCUT2D eigenvalue weighted by Gasteiger charge is 2.26. The Labute approximate surface area is 162 Å². The van der Waals surface area contributed by atoms with Gasteiger partial charge in [0.2, 0.25) is 5.91 Å². The minimum atomic E-state index is 0.00833. The Kier molecular flexibility index (Phi) is 6.51. The number of methoxy groups -OCH3 is 1. The molecule has 1 atom stereocenters. The second-order valence-electron chi connectivity index (χ2n) is 7.54. The maximum Gasteiger partial charge on any atom is 0.223 e. The van der Waals surface area contributed by atoms with Crippen LogP contribution in [0.2, 0.25) is 0 Å². The van der Waals surface area contributed by atoms with Gasteiger partial charge in [-0.25, -0.2) is 0 Å². The molecule has 1 aliphatic heterocycles. The summed E-state index contributed by atoms with van der Waals surface area (Å²) in [5, 5.41) is 3.18. The maximum atomic E-state index is 12.7. The molecule has 1 fully saturated rings. The predicted molar refractivity (Wildman–Crippen MR) is 109 cm³/mol. The van der Waals surface area contributed by atoms with Gasteiger partial charge in [-0.2, -0.15) is 0 Å². The van der Waals surface area contributed by atoms with Gasteiger partial charge in [0.15, 0.2) is 0 Å². The zero-order chi connectivity index (χ0) is 19.2. The number of nitrogens with zero attached hydrogens (tertiary/aromatic N) is 1. The molecule has 0 saturated carbocycles. The molecule has 2 aromatic rings. The Balaban J connectivity index is 1.46. The van der Waals surface area contributed by atoms with Crippen molar-refractivity contribution in [3.63, 3.8) is 0 Å². The van der Waals surface area contributed by atoms with E-state index in [1.165, 1.54) is 11.1 Å². The lowest BCUT2D eigenvalue weighted by Gasteiger charge is -2.32. The van der Waals surface area contributed by atoms with Gasteiger partial charge in [-0.3, -0.25) is 9.69 Å². The van der Waals surface area contributed by atoms with E-state index in [1.54, 1.807) is 7.11 Å². The van der Waals surface area contributed by atoms with Gasteiger partial charge in [-0.1, -0.05) is 42.0 Å². The fourth-order valence-electron chi connectivity index (χ4n) is 3.61. The molecule has 0 spiro atoms. The highest BCUT2D eigenvalue weighted by molar-refractivity contribution is 5.79. The van der Waals surface area contributed by atoms with Crippen LogP contribution in [0, 0.1) is 12.8 Å². The Hall–Kier alpha value is -2.33. The first-order valence-electron chi connectivity index (χ1n) is 9.77. The molecule has 0 bridgehead atoms. The number of ether oxygens (including phenoxy) is 1. The van der Waals surface area contributed by atoms with Gasteiger partial charge < -0.3 is 10.1 Å². The average Bonchev–Trinajstić information content (AvgIpc) is 2.70.